The van der Waals surface area contributed by atoms with Crippen molar-refractivity contribution in [3.8, 4) is 0 Å². The highest BCUT2D eigenvalue weighted by Crippen LogP contribution is 2.13. The summed E-state index contributed by atoms with van der Waals surface area (Å²) in [5.41, 5.74) is 8.11. The lowest BCUT2D eigenvalue weighted by Gasteiger charge is -2.21. The highest BCUT2D eigenvalue weighted by atomic mass is 16.5. The summed E-state index contributed by atoms with van der Waals surface area (Å²) in [4.78, 5) is 0. The molecule has 0 aromatic carbocycles. The van der Waals surface area contributed by atoms with Crippen LogP contribution >= 0.6 is 0 Å². The SMILES string of the molecule is CC(C)(C)[N+]([O-])=C1C=CC(=C=C=C2C=CC(=[N+]([O-])C(C)(C)C)C=C2)C=C1. The Labute approximate surface area is 155 Å². The second-order valence-corrected chi connectivity index (χ2v) is 8.27. The van der Waals surface area contributed by atoms with E-state index in [2.05, 4.69) is 11.5 Å². The first-order valence-electron chi connectivity index (χ1n) is 8.65. The van der Waals surface area contributed by atoms with Gasteiger partial charge in [0.15, 0.2) is 11.1 Å². The standard InChI is InChI=1S/C22H26N2O2/c1-21(2,3)23(25)19-13-9-17(10-14-19)7-8-18-11-15-20(16-12-18)24(26)22(4,5)6/h9-16H,1-6H3. The van der Waals surface area contributed by atoms with E-state index in [4.69, 9.17) is 0 Å². The van der Waals surface area contributed by atoms with Gasteiger partial charge in [-0.25, -0.2) is 9.48 Å². The normalized spacial score (nSPS) is 16.7. The van der Waals surface area contributed by atoms with Crippen molar-refractivity contribution in [3.63, 3.8) is 0 Å². The van der Waals surface area contributed by atoms with Gasteiger partial charge >= 0.3 is 0 Å². The molecule has 0 aromatic rings. The minimum atomic E-state index is -0.475. The highest BCUT2D eigenvalue weighted by Gasteiger charge is 2.22. The van der Waals surface area contributed by atoms with Gasteiger partial charge in [0, 0.05) is 77.0 Å². The van der Waals surface area contributed by atoms with E-state index < -0.39 is 11.1 Å². The third-order valence-corrected chi connectivity index (χ3v) is 3.77. The number of hydrogen-bond acceptors (Lipinski definition) is 2. The molecule has 0 saturated carbocycles. The van der Waals surface area contributed by atoms with Gasteiger partial charge in [0.1, 0.15) is 0 Å². The molecule has 4 nitrogen and oxygen atoms in total. The number of rotatable bonds is 0. The molecule has 136 valence electrons. The summed E-state index contributed by atoms with van der Waals surface area (Å²) >= 11 is 0. The summed E-state index contributed by atoms with van der Waals surface area (Å²) < 4.78 is 1.99. The van der Waals surface area contributed by atoms with Crippen molar-refractivity contribution in [2.45, 2.75) is 52.6 Å². The van der Waals surface area contributed by atoms with Crippen molar-refractivity contribution in [2.24, 2.45) is 0 Å². The van der Waals surface area contributed by atoms with Crippen LogP contribution in [0.2, 0.25) is 0 Å². The number of hydrogen-bond donors (Lipinski definition) is 0. The second kappa shape index (κ2) is 7.21. The van der Waals surface area contributed by atoms with Gasteiger partial charge in [0.2, 0.25) is 11.4 Å². The zero-order valence-electron chi connectivity index (χ0n) is 16.3. The number of allylic oxidation sites excluding steroid dienone is 10. The van der Waals surface area contributed by atoms with E-state index >= 15 is 0 Å². The molecule has 0 saturated heterocycles. The first-order chi connectivity index (χ1) is 12.0. The summed E-state index contributed by atoms with van der Waals surface area (Å²) in [6.07, 6.45) is 14.5. The molecule has 0 N–H and O–H groups in total. The molecule has 0 unspecified atom stereocenters. The van der Waals surface area contributed by atoms with Gasteiger partial charge in [0.25, 0.3) is 0 Å². The molecule has 0 aromatic heterocycles. The van der Waals surface area contributed by atoms with Gasteiger partial charge in [0.05, 0.1) is 0 Å². The number of nitrogens with zero attached hydrogens (tertiary/aromatic N) is 2. The zero-order valence-corrected chi connectivity index (χ0v) is 16.3. The average molecular weight is 350 g/mol. The first-order valence-corrected chi connectivity index (χ1v) is 8.65. The zero-order chi connectivity index (χ0) is 19.5. The summed E-state index contributed by atoms with van der Waals surface area (Å²) in [6.45, 7) is 11.3. The van der Waals surface area contributed by atoms with Crippen LogP contribution < -0.4 is 0 Å². The van der Waals surface area contributed by atoms with Crippen molar-refractivity contribution in [2.75, 3.05) is 0 Å². The summed E-state index contributed by atoms with van der Waals surface area (Å²) in [6, 6.07) is 0. The van der Waals surface area contributed by atoms with Crippen LogP contribution in [0.25, 0.3) is 0 Å². The van der Waals surface area contributed by atoms with E-state index in [1.807, 2.05) is 65.8 Å². The van der Waals surface area contributed by atoms with Gasteiger partial charge in [-0.15, -0.1) is 0 Å². The molecule has 0 aliphatic heterocycles. The predicted octanol–water partition coefficient (Wildman–Crippen LogP) is 4.34. The fraction of sp³-hybridized carbons (Fsp3) is 0.364. The monoisotopic (exact) mass is 350 g/mol. The van der Waals surface area contributed by atoms with Crippen LogP contribution in [-0.2, 0) is 0 Å². The molecule has 0 atom stereocenters. The van der Waals surface area contributed by atoms with Crippen LogP contribution in [0.3, 0.4) is 0 Å². The largest absolute Gasteiger partial charge is 0.623 e. The van der Waals surface area contributed by atoms with Crippen molar-refractivity contribution >= 4 is 11.4 Å². The second-order valence-electron chi connectivity index (χ2n) is 8.27. The Balaban J connectivity index is 2.27. The molecule has 0 radical (unpaired) electrons. The fourth-order valence-electron chi connectivity index (χ4n) is 2.28. The molecule has 26 heavy (non-hydrogen) atoms. The maximum Gasteiger partial charge on any atom is 0.211 e. The fourth-order valence-corrected chi connectivity index (χ4v) is 2.28. The Hall–Kier alpha value is -2.80. The van der Waals surface area contributed by atoms with Gasteiger partial charge in [-0.1, -0.05) is 11.5 Å². The van der Waals surface area contributed by atoms with Crippen LogP contribution in [0.5, 0.6) is 0 Å². The van der Waals surface area contributed by atoms with E-state index in [1.165, 1.54) is 0 Å². The van der Waals surface area contributed by atoms with Crippen LogP contribution in [0.1, 0.15) is 41.5 Å². The average Bonchev–Trinajstić information content (AvgIpc) is 2.58. The lowest BCUT2D eigenvalue weighted by atomic mass is 10.0. The summed E-state index contributed by atoms with van der Waals surface area (Å²) in [5, 5.41) is 24.3. The van der Waals surface area contributed by atoms with Crippen molar-refractivity contribution in [1.29, 1.82) is 0 Å². The van der Waals surface area contributed by atoms with E-state index in [0.29, 0.717) is 11.4 Å². The quantitative estimate of drug-likeness (QED) is 0.282. The smallest absolute Gasteiger partial charge is 0.211 e. The Kier molecular flexibility index (Phi) is 5.41. The van der Waals surface area contributed by atoms with Crippen LogP contribution in [0.15, 0.2) is 71.2 Å². The third kappa shape index (κ3) is 4.86. The Morgan fingerprint density at radius 3 is 1.08 bits per heavy atom. The van der Waals surface area contributed by atoms with E-state index in [1.54, 1.807) is 24.3 Å². The van der Waals surface area contributed by atoms with Crippen LogP contribution in [-0.4, -0.2) is 32.0 Å². The number of hydroxylamine groups is 2. The molecule has 0 fully saturated rings. The minimum Gasteiger partial charge on any atom is -0.623 e. The maximum absolute atomic E-state index is 12.2. The third-order valence-electron chi connectivity index (χ3n) is 3.77. The molecule has 0 spiro atoms. The Morgan fingerprint density at radius 2 is 0.846 bits per heavy atom. The molecule has 0 heterocycles. The molecular formula is C22H26N2O2. The molecular weight excluding hydrogens is 324 g/mol. The molecule has 4 heteroatoms. The predicted molar refractivity (Wildman–Crippen MR) is 107 cm³/mol. The van der Waals surface area contributed by atoms with Crippen molar-refractivity contribution in [3.05, 3.63) is 81.6 Å². The summed E-state index contributed by atoms with van der Waals surface area (Å²) in [7, 11) is 0. The van der Waals surface area contributed by atoms with Crippen LogP contribution in [0, 0.1) is 10.4 Å². The van der Waals surface area contributed by atoms with Gasteiger partial charge in [-0.05, 0) is 24.3 Å². The summed E-state index contributed by atoms with van der Waals surface area (Å²) in [5.74, 6) is 0. The topological polar surface area (TPSA) is 52.1 Å². The van der Waals surface area contributed by atoms with Crippen molar-refractivity contribution < 1.29 is 9.48 Å². The van der Waals surface area contributed by atoms with Gasteiger partial charge in [-0.2, -0.15) is 0 Å². The van der Waals surface area contributed by atoms with Gasteiger partial charge < -0.3 is 10.4 Å². The lowest BCUT2D eigenvalue weighted by Crippen LogP contribution is -2.32. The van der Waals surface area contributed by atoms with E-state index in [9.17, 15) is 10.4 Å². The Morgan fingerprint density at radius 1 is 0.577 bits per heavy atom. The highest BCUT2D eigenvalue weighted by molar-refractivity contribution is 6.03. The molecule has 0 amide bonds. The maximum atomic E-state index is 12.2. The molecule has 0 bridgehead atoms. The van der Waals surface area contributed by atoms with Crippen LogP contribution in [0.4, 0.5) is 0 Å². The molecule has 2 rings (SSSR count). The van der Waals surface area contributed by atoms with E-state index in [0.717, 1.165) is 20.6 Å². The Bertz CT molecular complexity index is 769. The lowest BCUT2D eigenvalue weighted by molar-refractivity contribution is -0.534. The molecule has 2 aliphatic carbocycles. The van der Waals surface area contributed by atoms with Crippen molar-refractivity contribution in [1.82, 2.24) is 0 Å². The minimum absolute atomic E-state index is 0.475. The van der Waals surface area contributed by atoms with Gasteiger partial charge in [-0.3, -0.25) is 0 Å². The van der Waals surface area contributed by atoms with E-state index in [-0.39, 0.29) is 0 Å². The molecule has 2 aliphatic rings. The first kappa shape index (κ1) is 19.5.